The van der Waals surface area contributed by atoms with Crippen molar-refractivity contribution < 1.29 is 14.6 Å². The van der Waals surface area contributed by atoms with Crippen LogP contribution in [0.4, 0.5) is 0 Å². The smallest absolute Gasteiger partial charge is 0.336 e. The predicted octanol–water partition coefficient (Wildman–Crippen LogP) is 2.00. The Morgan fingerprint density at radius 2 is 1.95 bits per heavy atom. The Morgan fingerprint density at radius 1 is 1.25 bits per heavy atom. The molecule has 1 unspecified atom stereocenters. The van der Waals surface area contributed by atoms with Crippen molar-refractivity contribution in [1.82, 2.24) is 0 Å². The summed E-state index contributed by atoms with van der Waals surface area (Å²) in [6.07, 6.45) is -0.727. The molecule has 0 aliphatic rings. The van der Waals surface area contributed by atoms with Gasteiger partial charge in [-0.3, -0.25) is 0 Å². The van der Waals surface area contributed by atoms with Crippen molar-refractivity contribution in [3.63, 3.8) is 0 Å². The van der Waals surface area contributed by atoms with E-state index in [-0.39, 0.29) is 12.2 Å². The van der Waals surface area contributed by atoms with Crippen LogP contribution in [0.3, 0.4) is 0 Å². The lowest BCUT2D eigenvalue weighted by molar-refractivity contribution is 0.113. The van der Waals surface area contributed by atoms with Crippen LogP contribution in [0.15, 0.2) is 27.4 Å². The molecule has 0 radical (unpaired) electrons. The zero-order chi connectivity index (χ0) is 14.7. The summed E-state index contributed by atoms with van der Waals surface area (Å²) in [5.74, 6) is 1.03. The molecule has 4 nitrogen and oxygen atoms in total. The first kappa shape index (κ1) is 15.1. The van der Waals surface area contributed by atoms with Crippen LogP contribution >= 0.6 is 11.8 Å². The Morgan fingerprint density at radius 3 is 2.65 bits per heavy atom. The number of aryl methyl sites for hydroxylation is 2. The van der Waals surface area contributed by atoms with Crippen molar-refractivity contribution in [2.45, 2.75) is 25.7 Å². The molecule has 2 aromatic rings. The lowest BCUT2D eigenvalue weighted by Crippen LogP contribution is -2.14. The van der Waals surface area contributed by atoms with Gasteiger partial charge in [0.15, 0.2) is 0 Å². The summed E-state index contributed by atoms with van der Waals surface area (Å²) in [6, 6.07) is 5.39. The highest BCUT2D eigenvalue weighted by molar-refractivity contribution is 7.98. The second-order valence-electron chi connectivity index (χ2n) is 4.87. The third kappa shape index (κ3) is 3.42. The zero-order valence-electron chi connectivity index (χ0n) is 11.5. The maximum atomic E-state index is 11.6. The van der Waals surface area contributed by atoms with Gasteiger partial charge in [-0.2, -0.15) is 11.8 Å². The molecule has 1 atom stereocenters. The maximum Gasteiger partial charge on any atom is 0.336 e. The van der Waals surface area contributed by atoms with E-state index in [1.807, 2.05) is 26.0 Å². The Labute approximate surface area is 121 Å². The summed E-state index contributed by atoms with van der Waals surface area (Å²) in [6.45, 7) is 3.75. The molecule has 0 saturated heterocycles. The summed E-state index contributed by atoms with van der Waals surface area (Å²) < 4.78 is 5.23. The molecule has 0 aliphatic carbocycles. The number of aliphatic hydroxyl groups excluding tert-OH is 2. The van der Waals surface area contributed by atoms with Crippen molar-refractivity contribution in [2.24, 2.45) is 0 Å². The first-order chi connectivity index (χ1) is 9.51. The SMILES string of the molecule is Cc1cc2oc(=O)cc(CSCC(O)CO)c2cc1C. The highest BCUT2D eigenvalue weighted by Crippen LogP contribution is 2.24. The number of rotatable bonds is 5. The van der Waals surface area contributed by atoms with Gasteiger partial charge in [0.2, 0.25) is 0 Å². The topological polar surface area (TPSA) is 70.7 Å². The summed E-state index contributed by atoms with van der Waals surface area (Å²) in [4.78, 5) is 11.6. The second-order valence-corrected chi connectivity index (χ2v) is 5.91. The van der Waals surface area contributed by atoms with Crippen LogP contribution in [-0.4, -0.2) is 28.7 Å². The fraction of sp³-hybridized carbons (Fsp3) is 0.400. The molecule has 1 aromatic carbocycles. The molecule has 108 valence electrons. The average Bonchev–Trinajstić information content (AvgIpc) is 2.40. The minimum Gasteiger partial charge on any atom is -0.423 e. The van der Waals surface area contributed by atoms with Gasteiger partial charge >= 0.3 is 5.63 Å². The number of thioether (sulfide) groups is 1. The molecule has 0 spiro atoms. The minimum atomic E-state index is -0.727. The van der Waals surface area contributed by atoms with Crippen molar-refractivity contribution in [3.8, 4) is 0 Å². The van der Waals surface area contributed by atoms with E-state index in [1.165, 1.54) is 17.8 Å². The van der Waals surface area contributed by atoms with Crippen LogP contribution in [-0.2, 0) is 5.75 Å². The molecule has 0 fully saturated rings. The standard InChI is InChI=1S/C15H18O4S/c1-9-3-13-11(7-20-8-12(17)6-16)5-15(18)19-14(13)4-10(9)2/h3-5,12,16-17H,6-8H2,1-2H3. The van der Waals surface area contributed by atoms with Crippen molar-refractivity contribution >= 4 is 22.7 Å². The van der Waals surface area contributed by atoms with Crippen LogP contribution < -0.4 is 5.63 Å². The third-order valence-corrected chi connectivity index (χ3v) is 4.36. The largest absolute Gasteiger partial charge is 0.423 e. The Hall–Kier alpha value is -1.30. The molecule has 2 N–H and O–H groups in total. The molecule has 0 aliphatic heterocycles. The summed E-state index contributed by atoms with van der Waals surface area (Å²) in [7, 11) is 0. The average molecular weight is 294 g/mol. The van der Waals surface area contributed by atoms with Crippen LogP contribution in [0.25, 0.3) is 11.0 Å². The number of hydrogen-bond acceptors (Lipinski definition) is 5. The fourth-order valence-electron chi connectivity index (χ4n) is 1.96. The van der Waals surface area contributed by atoms with Gasteiger partial charge in [0.1, 0.15) is 5.58 Å². The molecule has 1 aromatic heterocycles. The van der Waals surface area contributed by atoms with E-state index in [0.29, 0.717) is 17.1 Å². The van der Waals surface area contributed by atoms with Gasteiger partial charge in [-0.05, 0) is 42.7 Å². The Balaban J connectivity index is 2.32. The number of aliphatic hydroxyl groups is 2. The van der Waals surface area contributed by atoms with Gasteiger partial charge < -0.3 is 14.6 Å². The highest BCUT2D eigenvalue weighted by Gasteiger charge is 2.09. The lowest BCUT2D eigenvalue weighted by atomic mass is 10.0. The van der Waals surface area contributed by atoms with E-state index >= 15 is 0 Å². The molecule has 2 rings (SSSR count). The van der Waals surface area contributed by atoms with Gasteiger partial charge in [0.05, 0.1) is 12.7 Å². The number of hydrogen-bond donors (Lipinski definition) is 2. The van der Waals surface area contributed by atoms with Crippen molar-refractivity contribution in [3.05, 3.63) is 45.3 Å². The lowest BCUT2D eigenvalue weighted by Gasteiger charge is -2.09. The van der Waals surface area contributed by atoms with Crippen LogP contribution in [0.5, 0.6) is 0 Å². The predicted molar refractivity (Wildman–Crippen MR) is 81.2 cm³/mol. The monoisotopic (exact) mass is 294 g/mol. The maximum absolute atomic E-state index is 11.6. The molecule has 0 amide bonds. The van der Waals surface area contributed by atoms with E-state index in [1.54, 1.807) is 0 Å². The number of benzene rings is 1. The van der Waals surface area contributed by atoms with Crippen molar-refractivity contribution in [1.29, 1.82) is 0 Å². The van der Waals surface area contributed by atoms with Crippen LogP contribution in [0.1, 0.15) is 16.7 Å². The molecular formula is C15H18O4S. The van der Waals surface area contributed by atoms with E-state index in [0.717, 1.165) is 22.1 Å². The van der Waals surface area contributed by atoms with Crippen LogP contribution in [0.2, 0.25) is 0 Å². The van der Waals surface area contributed by atoms with Gasteiger partial charge in [-0.25, -0.2) is 4.79 Å². The van der Waals surface area contributed by atoms with Crippen molar-refractivity contribution in [2.75, 3.05) is 12.4 Å². The normalized spacial score (nSPS) is 12.8. The van der Waals surface area contributed by atoms with Gasteiger partial charge in [0, 0.05) is 23.0 Å². The van der Waals surface area contributed by atoms with Crippen LogP contribution in [0, 0.1) is 13.8 Å². The van der Waals surface area contributed by atoms with E-state index < -0.39 is 6.10 Å². The minimum absolute atomic E-state index is 0.247. The molecule has 5 heteroatoms. The van der Waals surface area contributed by atoms with Gasteiger partial charge in [-0.15, -0.1) is 0 Å². The summed E-state index contributed by atoms with van der Waals surface area (Å²) in [5.41, 5.74) is 3.36. The summed E-state index contributed by atoms with van der Waals surface area (Å²) >= 11 is 1.48. The third-order valence-electron chi connectivity index (χ3n) is 3.22. The molecule has 0 saturated carbocycles. The summed E-state index contributed by atoms with van der Waals surface area (Å²) in [5, 5.41) is 19.0. The number of fused-ring (bicyclic) bond motifs is 1. The van der Waals surface area contributed by atoms with E-state index in [4.69, 9.17) is 9.52 Å². The van der Waals surface area contributed by atoms with E-state index in [2.05, 4.69) is 0 Å². The Kier molecular flexibility index (Phi) is 4.86. The quantitative estimate of drug-likeness (QED) is 0.825. The zero-order valence-corrected chi connectivity index (χ0v) is 12.4. The van der Waals surface area contributed by atoms with Gasteiger partial charge in [-0.1, -0.05) is 0 Å². The highest BCUT2D eigenvalue weighted by atomic mass is 32.2. The molecule has 20 heavy (non-hydrogen) atoms. The molecular weight excluding hydrogens is 276 g/mol. The second kappa shape index (κ2) is 6.43. The molecule has 0 bridgehead atoms. The fourth-order valence-corrected chi connectivity index (χ4v) is 2.91. The first-order valence-corrected chi connectivity index (χ1v) is 7.57. The van der Waals surface area contributed by atoms with E-state index in [9.17, 15) is 9.90 Å². The first-order valence-electron chi connectivity index (χ1n) is 6.42. The Bertz CT molecular complexity index is 663. The van der Waals surface area contributed by atoms with Gasteiger partial charge in [0.25, 0.3) is 0 Å². The molecule has 1 heterocycles.